The molecule has 1 aromatic carbocycles. The summed E-state index contributed by atoms with van der Waals surface area (Å²) in [6, 6.07) is 9.00. The maximum atomic E-state index is 12.6. The van der Waals surface area contributed by atoms with E-state index in [-0.39, 0.29) is 16.4 Å². The quantitative estimate of drug-likeness (QED) is 0.442. The van der Waals surface area contributed by atoms with Gasteiger partial charge in [0, 0.05) is 23.0 Å². The number of ether oxygens (including phenoxy) is 1. The van der Waals surface area contributed by atoms with Crippen molar-refractivity contribution in [3.63, 3.8) is 0 Å². The molecule has 0 saturated carbocycles. The standard InChI is InChI=1S/C22H22ClN3O5/c1-12-9-17(15(4)26(12)20-10-13(2)31-25-20)19(27)11-30-22(29)14(3)24-21(28)16-7-5-6-8-18(16)23/h5-10,14H,11H2,1-4H3,(H,24,28)/t14-/m0/s1. The maximum Gasteiger partial charge on any atom is 0.328 e. The van der Waals surface area contributed by atoms with Gasteiger partial charge in [-0.15, -0.1) is 0 Å². The molecular weight excluding hydrogens is 422 g/mol. The molecule has 0 saturated heterocycles. The van der Waals surface area contributed by atoms with Crippen LogP contribution in [0.25, 0.3) is 5.82 Å². The summed E-state index contributed by atoms with van der Waals surface area (Å²) in [6.07, 6.45) is 0. The summed E-state index contributed by atoms with van der Waals surface area (Å²) in [5.41, 5.74) is 2.11. The summed E-state index contributed by atoms with van der Waals surface area (Å²) in [7, 11) is 0. The monoisotopic (exact) mass is 443 g/mol. The Hall–Kier alpha value is -3.39. The van der Waals surface area contributed by atoms with E-state index in [9.17, 15) is 14.4 Å². The van der Waals surface area contributed by atoms with E-state index in [0.717, 1.165) is 5.69 Å². The van der Waals surface area contributed by atoms with E-state index < -0.39 is 24.5 Å². The Morgan fingerprint density at radius 1 is 1.16 bits per heavy atom. The van der Waals surface area contributed by atoms with Gasteiger partial charge in [-0.3, -0.25) is 14.2 Å². The van der Waals surface area contributed by atoms with Crippen molar-refractivity contribution < 1.29 is 23.6 Å². The van der Waals surface area contributed by atoms with Crippen molar-refractivity contribution >= 4 is 29.3 Å². The van der Waals surface area contributed by atoms with Gasteiger partial charge >= 0.3 is 5.97 Å². The van der Waals surface area contributed by atoms with Gasteiger partial charge in [0.05, 0.1) is 10.6 Å². The molecule has 2 aromatic heterocycles. The normalized spacial score (nSPS) is 11.8. The third kappa shape index (κ3) is 4.86. The predicted molar refractivity (Wildman–Crippen MR) is 114 cm³/mol. The zero-order valence-corrected chi connectivity index (χ0v) is 18.3. The van der Waals surface area contributed by atoms with Crippen LogP contribution in [0.15, 0.2) is 40.9 Å². The van der Waals surface area contributed by atoms with Crippen LogP contribution in [-0.2, 0) is 9.53 Å². The molecule has 3 rings (SSSR count). The molecule has 0 aliphatic carbocycles. The van der Waals surface area contributed by atoms with Crippen LogP contribution in [0.4, 0.5) is 0 Å². The first kappa shape index (κ1) is 22.3. The summed E-state index contributed by atoms with van der Waals surface area (Å²) in [5.74, 6) is -0.378. The predicted octanol–water partition coefficient (Wildman–Crippen LogP) is 3.59. The van der Waals surface area contributed by atoms with E-state index in [2.05, 4.69) is 10.5 Å². The molecule has 0 bridgehead atoms. The van der Waals surface area contributed by atoms with E-state index in [1.165, 1.54) is 6.92 Å². The maximum absolute atomic E-state index is 12.6. The number of amides is 1. The molecule has 1 amide bonds. The van der Waals surface area contributed by atoms with E-state index in [0.29, 0.717) is 22.8 Å². The van der Waals surface area contributed by atoms with Crippen LogP contribution in [0.3, 0.4) is 0 Å². The van der Waals surface area contributed by atoms with Crippen LogP contribution < -0.4 is 5.32 Å². The molecule has 3 aromatic rings. The number of carbonyl (C=O) groups is 3. The molecule has 162 valence electrons. The second kappa shape index (κ2) is 9.18. The highest BCUT2D eigenvalue weighted by Gasteiger charge is 2.23. The minimum Gasteiger partial charge on any atom is -0.456 e. The Morgan fingerprint density at radius 2 is 1.87 bits per heavy atom. The third-order valence-corrected chi connectivity index (χ3v) is 5.07. The topological polar surface area (TPSA) is 103 Å². The number of esters is 1. The molecular formula is C22H22ClN3O5. The van der Waals surface area contributed by atoms with Gasteiger partial charge in [-0.25, -0.2) is 4.79 Å². The van der Waals surface area contributed by atoms with Gasteiger partial charge in [-0.2, -0.15) is 0 Å². The SMILES string of the molecule is Cc1cc(-n2c(C)cc(C(=O)COC(=O)[C@H](C)NC(=O)c3ccccc3Cl)c2C)no1. The van der Waals surface area contributed by atoms with Crippen molar-refractivity contribution in [1.29, 1.82) is 0 Å². The molecule has 0 unspecified atom stereocenters. The summed E-state index contributed by atoms with van der Waals surface area (Å²) in [4.78, 5) is 37.2. The molecule has 0 aliphatic rings. The number of ketones is 1. The number of aromatic nitrogens is 2. The van der Waals surface area contributed by atoms with Crippen molar-refractivity contribution in [2.24, 2.45) is 0 Å². The third-order valence-electron chi connectivity index (χ3n) is 4.74. The first-order valence-corrected chi connectivity index (χ1v) is 9.94. The van der Waals surface area contributed by atoms with Crippen LogP contribution in [0.2, 0.25) is 5.02 Å². The molecule has 8 nitrogen and oxygen atoms in total. The van der Waals surface area contributed by atoms with Crippen LogP contribution in [0, 0.1) is 20.8 Å². The molecule has 31 heavy (non-hydrogen) atoms. The van der Waals surface area contributed by atoms with Gasteiger partial charge in [0.1, 0.15) is 11.8 Å². The fourth-order valence-corrected chi connectivity index (χ4v) is 3.40. The van der Waals surface area contributed by atoms with E-state index in [1.54, 1.807) is 54.8 Å². The number of halogens is 1. The summed E-state index contributed by atoms with van der Waals surface area (Å²) in [5, 5.41) is 6.77. The van der Waals surface area contributed by atoms with Gasteiger partial charge < -0.3 is 14.6 Å². The van der Waals surface area contributed by atoms with Crippen molar-refractivity contribution in [3.8, 4) is 5.82 Å². The highest BCUT2D eigenvalue weighted by molar-refractivity contribution is 6.33. The molecule has 0 spiro atoms. The number of nitrogens with zero attached hydrogens (tertiary/aromatic N) is 2. The lowest BCUT2D eigenvalue weighted by molar-refractivity contribution is -0.144. The van der Waals surface area contributed by atoms with Gasteiger partial charge in [-0.1, -0.05) is 28.9 Å². The molecule has 1 atom stereocenters. The summed E-state index contributed by atoms with van der Waals surface area (Å²) in [6.45, 7) is 6.42. The number of hydrogen-bond donors (Lipinski definition) is 1. The van der Waals surface area contributed by atoms with Crippen LogP contribution >= 0.6 is 11.6 Å². The molecule has 1 N–H and O–H groups in total. The van der Waals surface area contributed by atoms with Crippen molar-refractivity contribution in [2.75, 3.05) is 6.61 Å². The minimum atomic E-state index is -0.956. The van der Waals surface area contributed by atoms with Gasteiger partial charge in [0.25, 0.3) is 5.91 Å². The van der Waals surface area contributed by atoms with E-state index in [1.807, 2.05) is 6.92 Å². The smallest absolute Gasteiger partial charge is 0.328 e. The zero-order valence-electron chi connectivity index (χ0n) is 17.6. The lowest BCUT2D eigenvalue weighted by Crippen LogP contribution is -2.40. The van der Waals surface area contributed by atoms with E-state index >= 15 is 0 Å². The highest BCUT2D eigenvalue weighted by atomic mass is 35.5. The Labute approximate surface area is 184 Å². The molecule has 0 radical (unpaired) electrons. The van der Waals surface area contributed by atoms with Crippen LogP contribution in [-0.4, -0.2) is 40.0 Å². The Balaban J connectivity index is 1.62. The average Bonchev–Trinajstić information content (AvgIpc) is 3.27. The zero-order chi connectivity index (χ0) is 22.7. The minimum absolute atomic E-state index is 0.246. The summed E-state index contributed by atoms with van der Waals surface area (Å²) < 4.78 is 12.0. The second-order valence-electron chi connectivity index (χ2n) is 7.12. The fourth-order valence-electron chi connectivity index (χ4n) is 3.17. The number of hydrogen-bond acceptors (Lipinski definition) is 6. The molecule has 2 heterocycles. The molecule has 9 heteroatoms. The Kier molecular flexibility index (Phi) is 6.60. The van der Waals surface area contributed by atoms with Crippen LogP contribution in [0.1, 0.15) is 44.8 Å². The van der Waals surface area contributed by atoms with Crippen molar-refractivity contribution in [1.82, 2.24) is 15.0 Å². The fraction of sp³-hybridized carbons (Fsp3) is 0.273. The average molecular weight is 444 g/mol. The number of rotatable bonds is 7. The van der Waals surface area contributed by atoms with Gasteiger partial charge in [0.15, 0.2) is 12.4 Å². The first-order valence-electron chi connectivity index (χ1n) is 9.57. The first-order chi connectivity index (χ1) is 14.7. The molecule has 0 aliphatic heterocycles. The number of benzene rings is 1. The van der Waals surface area contributed by atoms with E-state index in [4.69, 9.17) is 20.9 Å². The lowest BCUT2D eigenvalue weighted by atomic mass is 10.1. The largest absolute Gasteiger partial charge is 0.456 e. The Bertz CT molecular complexity index is 1150. The number of nitrogens with one attached hydrogen (secondary N) is 1. The number of aryl methyl sites for hydroxylation is 2. The lowest BCUT2D eigenvalue weighted by Gasteiger charge is -2.13. The molecule has 0 fully saturated rings. The Morgan fingerprint density at radius 3 is 2.52 bits per heavy atom. The number of Topliss-reactive ketones (excluding diaryl/α,β-unsaturated/α-hetero) is 1. The van der Waals surface area contributed by atoms with Crippen molar-refractivity contribution in [2.45, 2.75) is 33.7 Å². The van der Waals surface area contributed by atoms with Gasteiger partial charge in [0.2, 0.25) is 5.78 Å². The highest BCUT2D eigenvalue weighted by Crippen LogP contribution is 2.21. The van der Waals surface area contributed by atoms with Crippen LogP contribution in [0.5, 0.6) is 0 Å². The van der Waals surface area contributed by atoms with Crippen molar-refractivity contribution in [3.05, 3.63) is 69.7 Å². The van der Waals surface area contributed by atoms with Gasteiger partial charge in [-0.05, 0) is 45.9 Å². The second-order valence-corrected chi connectivity index (χ2v) is 7.53. The number of carbonyl (C=O) groups excluding carboxylic acids is 3. The summed E-state index contributed by atoms with van der Waals surface area (Å²) >= 11 is 5.99.